The average molecular weight is 344 g/mol. The summed E-state index contributed by atoms with van der Waals surface area (Å²) < 4.78 is 16.3. The summed E-state index contributed by atoms with van der Waals surface area (Å²) in [5.41, 5.74) is 0.917. The molecule has 0 unspecified atom stereocenters. The lowest BCUT2D eigenvalue weighted by Gasteiger charge is -2.16. The molecule has 0 fully saturated rings. The highest BCUT2D eigenvalue weighted by Crippen LogP contribution is 2.25. The maximum Gasteiger partial charge on any atom is 0.325 e. The number of hydrogen-bond donors (Lipinski definition) is 0. The average Bonchev–Trinajstić information content (AvgIpc) is 2.68. The predicted molar refractivity (Wildman–Crippen MR) is 88.0 cm³/mol. The number of oxime groups is 2. The SMILES string of the molecule is CO/N=C(\C1=NOCCO1)c1ccccc1Oc1nccc(OC)n1. The molecule has 0 saturated heterocycles. The van der Waals surface area contributed by atoms with Gasteiger partial charge < -0.3 is 23.9 Å². The predicted octanol–water partition coefficient (Wildman–Crippen LogP) is 1.99. The van der Waals surface area contributed by atoms with Gasteiger partial charge in [-0.3, -0.25) is 0 Å². The number of nitrogens with zero attached hydrogens (tertiary/aromatic N) is 4. The lowest BCUT2D eigenvalue weighted by Crippen LogP contribution is -2.25. The van der Waals surface area contributed by atoms with Gasteiger partial charge in [-0.25, -0.2) is 4.98 Å². The first-order valence-corrected chi connectivity index (χ1v) is 7.40. The fraction of sp³-hybridized carbons (Fsp3) is 0.250. The molecule has 2 heterocycles. The van der Waals surface area contributed by atoms with Crippen LogP contribution in [0.5, 0.6) is 17.6 Å². The van der Waals surface area contributed by atoms with Crippen LogP contribution in [0.15, 0.2) is 46.8 Å². The Bertz CT molecular complexity index is 794. The maximum absolute atomic E-state index is 5.78. The van der Waals surface area contributed by atoms with E-state index in [-0.39, 0.29) is 11.9 Å². The highest BCUT2D eigenvalue weighted by molar-refractivity contribution is 6.45. The fourth-order valence-electron chi connectivity index (χ4n) is 2.05. The highest BCUT2D eigenvalue weighted by Gasteiger charge is 2.22. The molecule has 1 aliphatic heterocycles. The van der Waals surface area contributed by atoms with E-state index < -0.39 is 0 Å². The van der Waals surface area contributed by atoms with Crippen LogP contribution in [0.25, 0.3) is 0 Å². The molecule has 0 amide bonds. The molecule has 0 radical (unpaired) electrons. The summed E-state index contributed by atoms with van der Waals surface area (Å²) in [5.74, 6) is 1.04. The lowest BCUT2D eigenvalue weighted by atomic mass is 10.1. The van der Waals surface area contributed by atoms with Gasteiger partial charge in [0.05, 0.1) is 12.7 Å². The number of benzene rings is 1. The number of rotatable bonds is 6. The summed E-state index contributed by atoms with van der Waals surface area (Å²) in [6.45, 7) is 0.739. The lowest BCUT2D eigenvalue weighted by molar-refractivity contribution is 0.0672. The minimum Gasteiger partial charge on any atom is -0.481 e. The number of hydrogen-bond acceptors (Lipinski definition) is 9. The van der Waals surface area contributed by atoms with E-state index in [0.717, 1.165) is 0 Å². The van der Waals surface area contributed by atoms with Crippen LogP contribution in [0.1, 0.15) is 5.56 Å². The molecule has 0 bridgehead atoms. The van der Waals surface area contributed by atoms with Crippen LogP contribution in [-0.2, 0) is 14.4 Å². The molecule has 0 aliphatic carbocycles. The molecule has 1 aromatic heterocycles. The summed E-state index contributed by atoms with van der Waals surface area (Å²) in [7, 11) is 2.95. The first-order chi connectivity index (χ1) is 12.3. The number of para-hydroxylation sites is 1. The summed E-state index contributed by atoms with van der Waals surface area (Å²) in [5, 5.41) is 7.87. The van der Waals surface area contributed by atoms with Crippen LogP contribution in [0.2, 0.25) is 0 Å². The molecule has 0 spiro atoms. The molecule has 0 N–H and O–H groups in total. The van der Waals surface area contributed by atoms with Crippen molar-refractivity contribution in [3.05, 3.63) is 42.1 Å². The molecule has 1 aliphatic rings. The Hall–Kier alpha value is -3.36. The monoisotopic (exact) mass is 344 g/mol. The maximum atomic E-state index is 5.78. The quantitative estimate of drug-likeness (QED) is 0.584. The smallest absolute Gasteiger partial charge is 0.325 e. The molecule has 130 valence electrons. The van der Waals surface area contributed by atoms with Gasteiger partial charge in [0.15, 0.2) is 12.3 Å². The van der Waals surface area contributed by atoms with Gasteiger partial charge in [-0.2, -0.15) is 4.98 Å². The molecule has 25 heavy (non-hydrogen) atoms. The van der Waals surface area contributed by atoms with E-state index in [0.29, 0.717) is 36.1 Å². The molecular formula is C16H16N4O5. The van der Waals surface area contributed by atoms with E-state index in [9.17, 15) is 0 Å². The molecule has 9 heteroatoms. The van der Waals surface area contributed by atoms with Crippen LogP contribution < -0.4 is 9.47 Å². The van der Waals surface area contributed by atoms with Crippen LogP contribution in [0.3, 0.4) is 0 Å². The van der Waals surface area contributed by atoms with Gasteiger partial charge in [0.1, 0.15) is 19.5 Å². The Balaban J connectivity index is 1.96. The molecule has 0 saturated carbocycles. The van der Waals surface area contributed by atoms with Gasteiger partial charge in [0.25, 0.3) is 5.90 Å². The van der Waals surface area contributed by atoms with E-state index in [1.165, 1.54) is 20.4 Å². The highest BCUT2D eigenvalue weighted by atomic mass is 16.7. The zero-order valence-corrected chi connectivity index (χ0v) is 13.7. The third kappa shape index (κ3) is 3.94. The second-order valence-electron chi connectivity index (χ2n) is 4.68. The second-order valence-corrected chi connectivity index (χ2v) is 4.68. The van der Waals surface area contributed by atoms with Crippen LogP contribution in [-0.4, -0.2) is 49.0 Å². The van der Waals surface area contributed by atoms with Crippen LogP contribution in [0, 0.1) is 0 Å². The largest absolute Gasteiger partial charge is 0.481 e. The van der Waals surface area contributed by atoms with Gasteiger partial charge in [0, 0.05) is 12.3 Å². The van der Waals surface area contributed by atoms with Crippen molar-refractivity contribution in [2.24, 2.45) is 10.3 Å². The zero-order valence-electron chi connectivity index (χ0n) is 13.7. The van der Waals surface area contributed by atoms with E-state index >= 15 is 0 Å². The van der Waals surface area contributed by atoms with Crippen LogP contribution in [0.4, 0.5) is 0 Å². The van der Waals surface area contributed by atoms with Crippen molar-refractivity contribution in [3.63, 3.8) is 0 Å². The molecule has 3 rings (SSSR count). The van der Waals surface area contributed by atoms with Crippen molar-refractivity contribution in [2.45, 2.75) is 0 Å². The standard InChI is InChI=1S/C16H16N4O5/c1-21-13-7-8-17-16(18-13)25-12-6-4-3-5-11(12)14(19-22-2)15-20-24-10-9-23-15/h3-8H,9-10H2,1-2H3/b19-14-. The van der Waals surface area contributed by atoms with E-state index in [1.807, 2.05) is 12.1 Å². The minimum atomic E-state index is 0.131. The number of aromatic nitrogens is 2. The van der Waals surface area contributed by atoms with Crippen molar-refractivity contribution < 1.29 is 23.9 Å². The molecule has 2 aromatic rings. The first kappa shape index (κ1) is 16.5. The zero-order chi connectivity index (χ0) is 17.5. The molecule has 1 aromatic carbocycles. The molecule has 9 nitrogen and oxygen atoms in total. The Morgan fingerprint density at radius 1 is 1.16 bits per heavy atom. The van der Waals surface area contributed by atoms with Gasteiger partial charge in [0.2, 0.25) is 5.88 Å². The number of methoxy groups -OCH3 is 1. The van der Waals surface area contributed by atoms with Gasteiger partial charge in [-0.15, -0.1) is 0 Å². The van der Waals surface area contributed by atoms with Crippen molar-refractivity contribution in [3.8, 4) is 17.6 Å². The fourth-order valence-corrected chi connectivity index (χ4v) is 2.05. The summed E-state index contributed by atoms with van der Waals surface area (Å²) >= 11 is 0. The third-order valence-corrected chi connectivity index (χ3v) is 3.11. The van der Waals surface area contributed by atoms with Gasteiger partial charge in [-0.05, 0) is 17.3 Å². The topological polar surface area (TPSA) is 96.7 Å². The minimum absolute atomic E-state index is 0.131. The van der Waals surface area contributed by atoms with E-state index in [2.05, 4.69) is 20.3 Å². The summed E-state index contributed by atoms with van der Waals surface area (Å²) in [6, 6.07) is 8.92. The molecular weight excluding hydrogens is 328 g/mol. The summed E-state index contributed by atoms with van der Waals surface area (Å²) in [6.07, 6.45) is 1.54. The Kier molecular flexibility index (Phi) is 5.25. The van der Waals surface area contributed by atoms with E-state index in [1.54, 1.807) is 18.2 Å². The van der Waals surface area contributed by atoms with Crippen molar-refractivity contribution in [2.75, 3.05) is 27.4 Å². The van der Waals surface area contributed by atoms with Crippen molar-refractivity contribution >= 4 is 11.6 Å². The van der Waals surface area contributed by atoms with Crippen LogP contribution >= 0.6 is 0 Å². The summed E-state index contributed by atoms with van der Waals surface area (Å²) in [4.78, 5) is 18.2. The molecule has 0 atom stereocenters. The Labute approximate surface area is 143 Å². The number of ether oxygens (including phenoxy) is 3. The third-order valence-electron chi connectivity index (χ3n) is 3.11. The Morgan fingerprint density at radius 3 is 2.80 bits per heavy atom. The van der Waals surface area contributed by atoms with Gasteiger partial charge >= 0.3 is 6.01 Å². The first-order valence-electron chi connectivity index (χ1n) is 7.40. The Morgan fingerprint density at radius 2 is 2.04 bits per heavy atom. The van der Waals surface area contributed by atoms with Gasteiger partial charge in [-0.1, -0.05) is 17.3 Å². The van der Waals surface area contributed by atoms with E-state index in [4.69, 9.17) is 23.9 Å². The van der Waals surface area contributed by atoms with Crippen molar-refractivity contribution in [1.29, 1.82) is 0 Å². The van der Waals surface area contributed by atoms with Crippen molar-refractivity contribution in [1.82, 2.24) is 9.97 Å². The normalized spacial score (nSPS) is 14.0. The second kappa shape index (κ2) is 7.95.